The van der Waals surface area contributed by atoms with Crippen molar-refractivity contribution >= 4 is 17.2 Å². The summed E-state index contributed by atoms with van der Waals surface area (Å²) >= 11 is 1.37. The zero-order chi connectivity index (χ0) is 16.4. The first-order chi connectivity index (χ1) is 10.3. The van der Waals surface area contributed by atoms with Gasteiger partial charge >= 0.3 is 0 Å². The highest BCUT2D eigenvalue weighted by molar-refractivity contribution is 7.17. The molecule has 0 bridgehead atoms. The third-order valence-corrected chi connectivity index (χ3v) is 4.48. The third kappa shape index (κ3) is 3.53. The number of carbonyl (C=O) groups is 1. The standard InChI is InChI=1S/C15H22N4O2S/c1-9(2)19(7-10(3)20)15(21)13-11(4)17-14(22-13)12-6-16-18(5)8-12/h6,8-10,20H,7H2,1-5H3. The van der Waals surface area contributed by atoms with E-state index in [1.54, 1.807) is 22.7 Å². The third-order valence-electron chi connectivity index (χ3n) is 3.29. The molecule has 22 heavy (non-hydrogen) atoms. The van der Waals surface area contributed by atoms with E-state index in [1.807, 2.05) is 34.0 Å². The lowest BCUT2D eigenvalue weighted by atomic mass is 10.2. The molecule has 6 nitrogen and oxygen atoms in total. The summed E-state index contributed by atoms with van der Waals surface area (Å²) in [6.07, 6.45) is 3.06. The Kier molecular flexibility index (Phi) is 4.97. The number of aliphatic hydroxyl groups excluding tert-OH is 1. The van der Waals surface area contributed by atoms with Gasteiger partial charge in [0.1, 0.15) is 9.88 Å². The summed E-state index contributed by atoms with van der Waals surface area (Å²) in [5.41, 5.74) is 1.62. The van der Waals surface area contributed by atoms with E-state index in [0.717, 1.165) is 10.6 Å². The van der Waals surface area contributed by atoms with Gasteiger partial charge in [-0.25, -0.2) is 4.98 Å². The van der Waals surface area contributed by atoms with Crippen LogP contribution in [0.25, 0.3) is 10.6 Å². The van der Waals surface area contributed by atoms with Gasteiger partial charge < -0.3 is 10.0 Å². The largest absolute Gasteiger partial charge is 0.392 e. The van der Waals surface area contributed by atoms with Gasteiger partial charge in [-0.2, -0.15) is 5.10 Å². The van der Waals surface area contributed by atoms with Crippen molar-refractivity contribution in [3.8, 4) is 10.6 Å². The van der Waals surface area contributed by atoms with Crippen LogP contribution in [-0.4, -0.2) is 49.4 Å². The maximum absolute atomic E-state index is 12.8. The molecule has 0 saturated carbocycles. The minimum atomic E-state index is -0.558. The molecule has 0 saturated heterocycles. The SMILES string of the molecule is Cc1nc(-c2cnn(C)c2)sc1C(=O)N(CC(C)O)C(C)C. The number of rotatable bonds is 5. The van der Waals surface area contributed by atoms with Crippen molar-refractivity contribution in [2.75, 3.05) is 6.54 Å². The zero-order valence-corrected chi connectivity index (χ0v) is 14.4. The Morgan fingerprint density at radius 1 is 1.45 bits per heavy atom. The second kappa shape index (κ2) is 6.58. The molecule has 2 aromatic heterocycles. The van der Waals surface area contributed by atoms with Crippen LogP contribution in [0.15, 0.2) is 12.4 Å². The van der Waals surface area contributed by atoms with Gasteiger partial charge in [0.2, 0.25) is 0 Å². The number of thiazole rings is 1. The maximum atomic E-state index is 12.8. The molecule has 0 aliphatic rings. The molecule has 2 heterocycles. The lowest BCUT2D eigenvalue weighted by molar-refractivity contribution is 0.0582. The summed E-state index contributed by atoms with van der Waals surface area (Å²) in [6.45, 7) is 7.72. The molecule has 1 amide bonds. The van der Waals surface area contributed by atoms with Gasteiger partial charge in [-0.15, -0.1) is 11.3 Å². The Labute approximate surface area is 134 Å². The summed E-state index contributed by atoms with van der Waals surface area (Å²) in [5, 5.41) is 14.5. The van der Waals surface area contributed by atoms with Crippen LogP contribution in [0.4, 0.5) is 0 Å². The quantitative estimate of drug-likeness (QED) is 0.915. The Morgan fingerprint density at radius 3 is 2.64 bits per heavy atom. The number of nitrogens with zero attached hydrogens (tertiary/aromatic N) is 4. The van der Waals surface area contributed by atoms with Crippen molar-refractivity contribution in [3.63, 3.8) is 0 Å². The molecule has 2 aromatic rings. The van der Waals surface area contributed by atoms with Gasteiger partial charge in [0.05, 0.1) is 18.0 Å². The van der Waals surface area contributed by atoms with Gasteiger partial charge in [-0.3, -0.25) is 9.48 Å². The normalized spacial score (nSPS) is 12.7. The monoisotopic (exact) mass is 322 g/mol. The molecule has 1 N–H and O–H groups in total. The number of hydrogen-bond donors (Lipinski definition) is 1. The summed E-state index contributed by atoms with van der Waals surface area (Å²) in [6, 6.07) is 0.0189. The van der Waals surface area contributed by atoms with Crippen molar-refractivity contribution in [1.29, 1.82) is 0 Å². The van der Waals surface area contributed by atoms with E-state index in [0.29, 0.717) is 17.1 Å². The van der Waals surface area contributed by atoms with Gasteiger partial charge in [-0.1, -0.05) is 0 Å². The molecular weight excluding hydrogens is 300 g/mol. The molecule has 7 heteroatoms. The highest BCUT2D eigenvalue weighted by Crippen LogP contribution is 2.28. The van der Waals surface area contributed by atoms with Crippen molar-refractivity contribution in [1.82, 2.24) is 19.7 Å². The van der Waals surface area contributed by atoms with Crippen LogP contribution in [0, 0.1) is 6.92 Å². The topological polar surface area (TPSA) is 71.2 Å². The molecule has 1 unspecified atom stereocenters. The van der Waals surface area contributed by atoms with Crippen LogP contribution in [0.5, 0.6) is 0 Å². The molecule has 0 aliphatic heterocycles. The first-order valence-electron chi connectivity index (χ1n) is 7.25. The average Bonchev–Trinajstić information content (AvgIpc) is 3.01. The predicted octanol–water partition coefficient (Wildman–Crippen LogP) is 2.08. The van der Waals surface area contributed by atoms with Crippen molar-refractivity contribution in [3.05, 3.63) is 23.0 Å². The molecular formula is C15H22N4O2S. The first kappa shape index (κ1) is 16.6. The van der Waals surface area contributed by atoms with E-state index in [2.05, 4.69) is 10.1 Å². The van der Waals surface area contributed by atoms with Crippen molar-refractivity contribution in [2.24, 2.45) is 7.05 Å². The Hall–Kier alpha value is -1.73. The van der Waals surface area contributed by atoms with E-state index in [4.69, 9.17) is 0 Å². The van der Waals surface area contributed by atoms with Crippen molar-refractivity contribution < 1.29 is 9.90 Å². The van der Waals surface area contributed by atoms with E-state index >= 15 is 0 Å². The van der Waals surface area contributed by atoms with Gasteiger partial charge in [0, 0.05) is 31.4 Å². The molecule has 0 fully saturated rings. The molecule has 120 valence electrons. The Bertz CT molecular complexity index is 660. The lowest BCUT2D eigenvalue weighted by Gasteiger charge is -2.27. The minimum absolute atomic E-state index is 0.0189. The summed E-state index contributed by atoms with van der Waals surface area (Å²) in [7, 11) is 1.85. The molecule has 1 atom stereocenters. The smallest absolute Gasteiger partial charge is 0.266 e. The van der Waals surface area contributed by atoms with E-state index < -0.39 is 6.10 Å². The second-order valence-corrected chi connectivity index (χ2v) is 6.74. The van der Waals surface area contributed by atoms with Crippen LogP contribution in [0.2, 0.25) is 0 Å². The highest BCUT2D eigenvalue weighted by atomic mass is 32.1. The van der Waals surface area contributed by atoms with Crippen LogP contribution in [0.3, 0.4) is 0 Å². The number of aliphatic hydroxyl groups is 1. The van der Waals surface area contributed by atoms with Crippen LogP contribution in [0.1, 0.15) is 36.1 Å². The van der Waals surface area contributed by atoms with E-state index in [9.17, 15) is 9.90 Å². The van der Waals surface area contributed by atoms with Crippen molar-refractivity contribution in [2.45, 2.75) is 39.8 Å². The predicted molar refractivity (Wildman–Crippen MR) is 86.9 cm³/mol. The maximum Gasteiger partial charge on any atom is 0.266 e. The fourth-order valence-electron chi connectivity index (χ4n) is 2.19. The number of hydrogen-bond acceptors (Lipinski definition) is 5. The fraction of sp³-hybridized carbons (Fsp3) is 0.533. The van der Waals surface area contributed by atoms with Crippen LogP contribution in [-0.2, 0) is 7.05 Å². The highest BCUT2D eigenvalue weighted by Gasteiger charge is 2.25. The fourth-order valence-corrected chi connectivity index (χ4v) is 3.19. The molecule has 2 rings (SSSR count). The Morgan fingerprint density at radius 2 is 2.14 bits per heavy atom. The summed E-state index contributed by atoms with van der Waals surface area (Å²) in [5.74, 6) is -0.0824. The van der Waals surface area contributed by atoms with Gasteiger partial charge in [0.25, 0.3) is 5.91 Å². The first-order valence-corrected chi connectivity index (χ1v) is 8.06. The average molecular weight is 322 g/mol. The number of aromatic nitrogens is 3. The number of amides is 1. The number of aryl methyl sites for hydroxylation is 2. The van der Waals surface area contributed by atoms with Crippen LogP contribution >= 0.6 is 11.3 Å². The zero-order valence-electron chi connectivity index (χ0n) is 13.6. The summed E-state index contributed by atoms with van der Waals surface area (Å²) in [4.78, 5) is 19.5. The number of carbonyl (C=O) groups excluding carboxylic acids is 1. The van der Waals surface area contributed by atoms with E-state index in [1.165, 1.54) is 11.3 Å². The lowest BCUT2D eigenvalue weighted by Crippen LogP contribution is -2.41. The second-order valence-electron chi connectivity index (χ2n) is 5.74. The minimum Gasteiger partial charge on any atom is -0.392 e. The van der Waals surface area contributed by atoms with Crippen LogP contribution < -0.4 is 0 Å². The molecule has 0 aromatic carbocycles. The van der Waals surface area contributed by atoms with E-state index in [-0.39, 0.29) is 11.9 Å². The Balaban J connectivity index is 2.31. The molecule has 0 aliphatic carbocycles. The van der Waals surface area contributed by atoms with Gasteiger partial charge in [0.15, 0.2) is 0 Å². The summed E-state index contributed by atoms with van der Waals surface area (Å²) < 4.78 is 1.71. The molecule has 0 radical (unpaired) electrons. The van der Waals surface area contributed by atoms with Gasteiger partial charge in [-0.05, 0) is 27.7 Å². The molecule has 0 spiro atoms.